The van der Waals surface area contributed by atoms with Crippen molar-refractivity contribution in [3.63, 3.8) is 0 Å². The van der Waals surface area contributed by atoms with Crippen LogP contribution in [-0.4, -0.2) is 100 Å². The minimum atomic E-state index is 0.741. The van der Waals surface area contributed by atoms with Crippen molar-refractivity contribution in [2.45, 2.75) is 18.9 Å². The molecule has 0 saturated carbocycles. The van der Waals surface area contributed by atoms with Gasteiger partial charge in [-0.1, -0.05) is 0 Å². The number of hydrogen-bond acceptors (Lipinski definition) is 5. The lowest BCUT2D eigenvalue weighted by molar-refractivity contribution is 0.155. The van der Waals surface area contributed by atoms with Crippen molar-refractivity contribution in [3.05, 3.63) is 0 Å². The van der Waals surface area contributed by atoms with Gasteiger partial charge in [0.05, 0.1) is 0 Å². The number of piperazine rings is 1. The van der Waals surface area contributed by atoms with Gasteiger partial charge in [-0.25, -0.2) is 0 Å². The number of nitrogens with one attached hydrogen (secondary N) is 2. The van der Waals surface area contributed by atoms with Gasteiger partial charge in [0.15, 0.2) is 0 Å². The molecule has 118 valence electrons. The van der Waals surface area contributed by atoms with Crippen molar-refractivity contribution in [3.8, 4) is 0 Å². The lowest BCUT2D eigenvalue weighted by atomic mass is 10.1. The topological polar surface area (TPSA) is 33.8 Å². The van der Waals surface area contributed by atoms with Crippen molar-refractivity contribution >= 4 is 0 Å². The van der Waals surface area contributed by atoms with Gasteiger partial charge >= 0.3 is 0 Å². The molecule has 2 rings (SSSR count). The second-order valence-corrected chi connectivity index (χ2v) is 6.43. The van der Waals surface area contributed by atoms with Gasteiger partial charge in [0.2, 0.25) is 0 Å². The summed E-state index contributed by atoms with van der Waals surface area (Å²) in [6.45, 7) is 11.9. The molecule has 2 fully saturated rings. The molecule has 0 bridgehead atoms. The highest BCUT2D eigenvalue weighted by Gasteiger charge is 2.15. The summed E-state index contributed by atoms with van der Waals surface area (Å²) in [7, 11) is 4.43. The first-order valence-electron chi connectivity index (χ1n) is 8.27. The number of hydrogen-bond donors (Lipinski definition) is 2. The molecular weight excluding hydrogens is 250 g/mol. The zero-order valence-electron chi connectivity index (χ0n) is 13.4. The summed E-state index contributed by atoms with van der Waals surface area (Å²) < 4.78 is 0. The molecule has 2 aliphatic rings. The summed E-state index contributed by atoms with van der Waals surface area (Å²) in [5.74, 6) is 0. The van der Waals surface area contributed by atoms with Gasteiger partial charge in [0, 0.05) is 58.4 Å². The minimum Gasteiger partial charge on any atom is -0.314 e. The highest BCUT2D eigenvalue weighted by atomic mass is 15.2. The van der Waals surface area contributed by atoms with E-state index in [1.807, 2.05) is 0 Å². The summed E-state index contributed by atoms with van der Waals surface area (Å²) >= 11 is 0. The number of piperidine rings is 1. The molecule has 2 aliphatic heterocycles. The highest BCUT2D eigenvalue weighted by Crippen LogP contribution is 2.07. The van der Waals surface area contributed by atoms with Gasteiger partial charge in [-0.05, 0) is 40.0 Å². The largest absolute Gasteiger partial charge is 0.314 e. The maximum atomic E-state index is 3.68. The summed E-state index contributed by atoms with van der Waals surface area (Å²) in [5.41, 5.74) is 0. The zero-order chi connectivity index (χ0) is 14.2. The van der Waals surface area contributed by atoms with Crippen LogP contribution in [0.4, 0.5) is 0 Å². The monoisotopic (exact) mass is 283 g/mol. The molecule has 0 aromatic heterocycles. The Hall–Kier alpha value is -0.200. The van der Waals surface area contributed by atoms with Crippen molar-refractivity contribution in [2.75, 3.05) is 79.5 Å². The maximum absolute atomic E-state index is 3.68. The summed E-state index contributed by atoms with van der Waals surface area (Å²) in [5, 5.41) is 7.24. The van der Waals surface area contributed by atoms with Crippen LogP contribution in [0.15, 0.2) is 0 Å². The Morgan fingerprint density at radius 3 is 2.15 bits per heavy atom. The first kappa shape index (κ1) is 16.2. The Morgan fingerprint density at radius 2 is 1.45 bits per heavy atom. The van der Waals surface area contributed by atoms with Gasteiger partial charge < -0.3 is 20.4 Å². The molecule has 0 aromatic carbocycles. The minimum absolute atomic E-state index is 0.741. The van der Waals surface area contributed by atoms with Gasteiger partial charge in [-0.2, -0.15) is 0 Å². The molecule has 2 N–H and O–H groups in total. The number of likely N-dealkylation sites (tertiary alicyclic amines) is 1. The molecule has 5 heteroatoms. The molecule has 2 heterocycles. The number of rotatable bonds is 7. The average Bonchev–Trinajstić information content (AvgIpc) is 2.46. The molecule has 0 aliphatic carbocycles. The molecule has 0 radical (unpaired) electrons. The SMILES string of the molecule is CN1CCC(NCCNCCN2CCN(C)CC2)CC1. The Kier molecular flexibility index (Phi) is 7.24. The second-order valence-electron chi connectivity index (χ2n) is 6.43. The predicted molar refractivity (Wildman–Crippen MR) is 85.3 cm³/mol. The highest BCUT2D eigenvalue weighted by molar-refractivity contribution is 4.75. The van der Waals surface area contributed by atoms with Crippen molar-refractivity contribution in [1.82, 2.24) is 25.3 Å². The van der Waals surface area contributed by atoms with E-state index in [-0.39, 0.29) is 0 Å². The zero-order valence-corrected chi connectivity index (χ0v) is 13.4. The molecule has 0 atom stereocenters. The fourth-order valence-electron chi connectivity index (χ4n) is 3.01. The molecule has 0 spiro atoms. The number of likely N-dealkylation sites (N-methyl/N-ethyl adjacent to an activating group) is 1. The van der Waals surface area contributed by atoms with E-state index in [2.05, 4.69) is 39.4 Å². The van der Waals surface area contributed by atoms with E-state index in [9.17, 15) is 0 Å². The fourth-order valence-corrected chi connectivity index (χ4v) is 3.01. The molecular formula is C15H33N5. The van der Waals surface area contributed by atoms with E-state index in [1.165, 1.54) is 58.7 Å². The summed E-state index contributed by atoms with van der Waals surface area (Å²) in [6, 6.07) is 0.741. The molecule has 20 heavy (non-hydrogen) atoms. The maximum Gasteiger partial charge on any atom is 0.0110 e. The molecule has 5 nitrogen and oxygen atoms in total. The average molecular weight is 283 g/mol. The molecule has 0 unspecified atom stereocenters. The van der Waals surface area contributed by atoms with Crippen LogP contribution < -0.4 is 10.6 Å². The Labute approximate surface area is 124 Å². The Balaban J connectivity index is 1.40. The van der Waals surface area contributed by atoms with E-state index < -0.39 is 0 Å². The van der Waals surface area contributed by atoms with Crippen LogP contribution in [0.2, 0.25) is 0 Å². The quantitative estimate of drug-likeness (QED) is 0.616. The van der Waals surface area contributed by atoms with Gasteiger partial charge in [-0.3, -0.25) is 4.90 Å². The Bertz CT molecular complexity index is 219. The van der Waals surface area contributed by atoms with E-state index in [1.54, 1.807) is 0 Å². The van der Waals surface area contributed by atoms with Crippen molar-refractivity contribution in [1.29, 1.82) is 0 Å². The molecule has 2 saturated heterocycles. The lowest BCUT2D eigenvalue weighted by Gasteiger charge is -2.32. The third-order valence-electron chi connectivity index (χ3n) is 4.65. The first-order chi connectivity index (χ1) is 9.74. The van der Waals surface area contributed by atoms with Crippen LogP contribution in [0.3, 0.4) is 0 Å². The van der Waals surface area contributed by atoms with Gasteiger partial charge in [0.1, 0.15) is 0 Å². The summed E-state index contributed by atoms with van der Waals surface area (Å²) in [6.07, 6.45) is 2.61. The van der Waals surface area contributed by atoms with E-state index >= 15 is 0 Å². The van der Waals surface area contributed by atoms with Crippen LogP contribution in [0, 0.1) is 0 Å². The predicted octanol–water partition coefficient (Wildman–Crippen LogP) is -0.493. The van der Waals surface area contributed by atoms with Crippen molar-refractivity contribution in [2.24, 2.45) is 0 Å². The van der Waals surface area contributed by atoms with Gasteiger partial charge in [-0.15, -0.1) is 0 Å². The fraction of sp³-hybridized carbons (Fsp3) is 1.00. The molecule has 0 aromatic rings. The van der Waals surface area contributed by atoms with Crippen LogP contribution in [0.25, 0.3) is 0 Å². The van der Waals surface area contributed by atoms with Crippen LogP contribution in [-0.2, 0) is 0 Å². The van der Waals surface area contributed by atoms with E-state index in [0.29, 0.717) is 0 Å². The smallest absolute Gasteiger partial charge is 0.0110 e. The normalized spacial score (nSPS) is 24.3. The van der Waals surface area contributed by atoms with E-state index in [4.69, 9.17) is 0 Å². The third kappa shape index (κ3) is 6.06. The van der Waals surface area contributed by atoms with Crippen LogP contribution in [0.5, 0.6) is 0 Å². The molecule has 0 amide bonds. The Morgan fingerprint density at radius 1 is 0.800 bits per heavy atom. The van der Waals surface area contributed by atoms with Crippen LogP contribution >= 0.6 is 0 Å². The standard InChI is InChI=1S/C15H33N5/c1-18-8-3-15(4-9-18)17-6-5-16-7-10-20-13-11-19(2)12-14-20/h15-17H,3-14H2,1-2H3. The lowest BCUT2D eigenvalue weighted by Crippen LogP contribution is -2.47. The van der Waals surface area contributed by atoms with Gasteiger partial charge in [0.25, 0.3) is 0 Å². The second kappa shape index (κ2) is 8.95. The summed E-state index contributed by atoms with van der Waals surface area (Å²) in [4.78, 5) is 7.40. The first-order valence-corrected chi connectivity index (χ1v) is 8.27. The van der Waals surface area contributed by atoms with E-state index in [0.717, 1.165) is 25.7 Å². The van der Waals surface area contributed by atoms with Crippen LogP contribution in [0.1, 0.15) is 12.8 Å². The number of nitrogens with zero attached hydrogens (tertiary/aromatic N) is 3. The van der Waals surface area contributed by atoms with Crippen molar-refractivity contribution < 1.29 is 0 Å². The third-order valence-corrected chi connectivity index (χ3v) is 4.65.